The lowest BCUT2D eigenvalue weighted by atomic mass is 9.67. The van der Waals surface area contributed by atoms with Crippen LogP contribution in [0.15, 0.2) is 12.5 Å². The quantitative estimate of drug-likeness (QED) is 0.765. The van der Waals surface area contributed by atoms with Gasteiger partial charge in [-0.15, -0.1) is 0 Å². The molecule has 0 aromatic carbocycles. The molecule has 0 aromatic heterocycles. The highest BCUT2D eigenvalue weighted by Gasteiger charge is 2.35. The Kier molecular flexibility index (Phi) is 5.03. The number of hydrogen-bond acceptors (Lipinski definition) is 2. The van der Waals surface area contributed by atoms with E-state index in [1.54, 1.807) is 12.5 Å². The van der Waals surface area contributed by atoms with E-state index < -0.39 is 0 Å². The fraction of sp³-hybridized carbons (Fsp3) is 0.786. The molecule has 3 nitrogen and oxygen atoms in total. The Bertz CT molecular complexity index is 286. The molecule has 1 saturated carbocycles. The highest BCUT2D eigenvalue weighted by Crippen LogP contribution is 2.42. The first-order valence-electron chi connectivity index (χ1n) is 6.51. The minimum atomic E-state index is -0.0690. The van der Waals surface area contributed by atoms with Gasteiger partial charge in [0, 0.05) is 13.1 Å². The molecule has 0 saturated heterocycles. The smallest absolute Gasteiger partial charge is 0.220 e. The molecule has 98 valence electrons. The molecule has 0 radical (unpaired) electrons. The summed E-state index contributed by atoms with van der Waals surface area (Å²) in [6.07, 6.45) is 8.22. The van der Waals surface area contributed by atoms with E-state index in [2.05, 4.69) is 26.1 Å². The first-order chi connectivity index (χ1) is 7.94. The number of nitrogens with one attached hydrogen (secondary N) is 1. The SMILES string of the molecule is CC(=O)NC=COC1CCCC(C)(C(C)C)C1. The van der Waals surface area contributed by atoms with E-state index in [4.69, 9.17) is 4.74 Å². The average Bonchev–Trinajstić information content (AvgIpc) is 2.24. The summed E-state index contributed by atoms with van der Waals surface area (Å²) in [6.45, 7) is 8.41. The van der Waals surface area contributed by atoms with Crippen LogP contribution in [0.2, 0.25) is 0 Å². The van der Waals surface area contributed by atoms with Gasteiger partial charge in [-0.05, 0) is 37.0 Å². The third-order valence-corrected chi connectivity index (χ3v) is 3.99. The summed E-state index contributed by atoms with van der Waals surface area (Å²) in [5.41, 5.74) is 0.394. The Balaban J connectivity index is 2.40. The van der Waals surface area contributed by atoms with Gasteiger partial charge in [0.25, 0.3) is 0 Å². The summed E-state index contributed by atoms with van der Waals surface area (Å²) in [7, 11) is 0. The van der Waals surface area contributed by atoms with Crippen molar-refractivity contribution in [3.8, 4) is 0 Å². The second-order valence-electron chi connectivity index (χ2n) is 5.67. The van der Waals surface area contributed by atoms with Crippen LogP contribution in [0.5, 0.6) is 0 Å². The van der Waals surface area contributed by atoms with E-state index in [0.29, 0.717) is 17.4 Å². The van der Waals surface area contributed by atoms with Gasteiger partial charge in [-0.3, -0.25) is 4.79 Å². The van der Waals surface area contributed by atoms with Crippen molar-refractivity contribution in [3.05, 3.63) is 12.5 Å². The van der Waals surface area contributed by atoms with E-state index in [1.165, 1.54) is 19.8 Å². The third-order valence-electron chi connectivity index (χ3n) is 3.99. The van der Waals surface area contributed by atoms with E-state index in [0.717, 1.165) is 12.8 Å². The van der Waals surface area contributed by atoms with Crippen LogP contribution in [0.1, 0.15) is 53.4 Å². The summed E-state index contributed by atoms with van der Waals surface area (Å²) in [6, 6.07) is 0. The van der Waals surface area contributed by atoms with Gasteiger partial charge in [-0.25, -0.2) is 0 Å². The van der Waals surface area contributed by atoms with Gasteiger partial charge in [0.15, 0.2) is 0 Å². The van der Waals surface area contributed by atoms with Crippen molar-refractivity contribution in [2.24, 2.45) is 11.3 Å². The lowest BCUT2D eigenvalue weighted by Gasteiger charge is -2.40. The zero-order chi connectivity index (χ0) is 12.9. The van der Waals surface area contributed by atoms with Crippen LogP contribution in [0.4, 0.5) is 0 Å². The fourth-order valence-corrected chi connectivity index (χ4v) is 2.40. The molecule has 0 aromatic rings. The Morgan fingerprint density at radius 3 is 2.82 bits per heavy atom. The second-order valence-corrected chi connectivity index (χ2v) is 5.67. The normalized spacial score (nSPS) is 29.6. The molecule has 0 bridgehead atoms. The van der Waals surface area contributed by atoms with Crippen molar-refractivity contribution in [2.75, 3.05) is 0 Å². The van der Waals surface area contributed by atoms with Crippen molar-refractivity contribution in [1.82, 2.24) is 5.32 Å². The molecule has 17 heavy (non-hydrogen) atoms. The molecule has 1 aliphatic rings. The molecular formula is C14H25NO2. The Morgan fingerprint density at radius 1 is 1.53 bits per heavy atom. The van der Waals surface area contributed by atoms with Crippen LogP contribution < -0.4 is 5.32 Å². The van der Waals surface area contributed by atoms with Crippen LogP contribution in [-0.4, -0.2) is 12.0 Å². The highest BCUT2D eigenvalue weighted by atomic mass is 16.5. The summed E-state index contributed by atoms with van der Waals surface area (Å²) in [5, 5.41) is 2.58. The van der Waals surface area contributed by atoms with Gasteiger partial charge in [0.05, 0.1) is 12.4 Å². The summed E-state index contributed by atoms with van der Waals surface area (Å²) < 4.78 is 5.68. The number of carbonyl (C=O) groups is 1. The average molecular weight is 239 g/mol. The zero-order valence-electron chi connectivity index (χ0n) is 11.5. The van der Waals surface area contributed by atoms with Crippen molar-refractivity contribution in [3.63, 3.8) is 0 Å². The molecule has 0 spiro atoms. The lowest BCUT2D eigenvalue weighted by molar-refractivity contribution is -0.118. The van der Waals surface area contributed by atoms with Gasteiger partial charge >= 0.3 is 0 Å². The number of ether oxygens (including phenoxy) is 1. The van der Waals surface area contributed by atoms with Crippen LogP contribution in [-0.2, 0) is 9.53 Å². The monoisotopic (exact) mass is 239 g/mol. The van der Waals surface area contributed by atoms with Gasteiger partial charge in [-0.1, -0.05) is 20.8 Å². The van der Waals surface area contributed by atoms with Crippen LogP contribution in [0.25, 0.3) is 0 Å². The molecule has 1 rings (SSSR count). The summed E-state index contributed by atoms with van der Waals surface area (Å²) in [4.78, 5) is 10.7. The molecule has 2 unspecified atom stereocenters. The van der Waals surface area contributed by atoms with Crippen LogP contribution >= 0.6 is 0 Å². The third kappa shape index (κ3) is 4.41. The molecule has 0 aliphatic heterocycles. The molecule has 0 heterocycles. The number of rotatable bonds is 4. The predicted molar refractivity (Wildman–Crippen MR) is 69.2 cm³/mol. The Labute approximate surface area is 105 Å². The fourth-order valence-electron chi connectivity index (χ4n) is 2.40. The number of hydrogen-bond donors (Lipinski definition) is 1. The topological polar surface area (TPSA) is 38.3 Å². The summed E-state index contributed by atoms with van der Waals surface area (Å²) >= 11 is 0. The minimum absolute atomic E-state index is 0.0690. The maximum Gasteiger partial charge on any atom is 0.220 e. The molecule has 1 aliphatic carbocycles. The Hall–Kier alpha value is -0.990. The van der Waals surface area contributed by atoms with Crippen molar-refractivity contribution < 1.29 is 9.53 Å². The summed E-state index contributed by atoms with van der Waals surface area (Å²) in [5.74, 6) is 0.619. The van der Waals surface area contributed by atoms with Crippen LogP contribution in [0.3, 0.4) is 0 Å². The Morgan fingerprint density at radius 2 is 2.24 bits per heavy atom. The maximum absolute atomic E-state index is 10.7. The van der Waals surface area contributed by atoms with E-state index in [1.807, 2.05) is 0 Å². The predicted octanol–water partition coefficient (Wildman–Crippen LogP) is 3.22. The van der Waals surface area contributed by atoms with Crippen molar-refractivity contribution >= 4 is 5.91 Å². The number of carbonyl (C=O) groups excluding carboxylic acids is 1. The van der Waals surface area contributed by atoms with Crippen molar-refractivity contribution in [2.45, 2.75) is 59.5 Å². The highest BCUT2D eigenvalue weighted by molar-refractivity contribution is 5.73. The van der Waals surface area contributed by atoms with Gasteiger partial charge in [0.2, 0.25) is 5.91 Å². The van der Waals surface area contributed by atoms with E-state index in [9.17, 15) is 4.79 Å². The lowest BCUT2D eigenvalue weighted by Crippen LogP contribution is -2.33. The molecule has 2 atom stereocenters. The number of amides is 1. The maximum atomic E-state index is 10.7. The largest absolute Gasteiger partial charge is 0.497 e. The zero-order valence-corrected chi connectivity index (χ0v) is 11.5. The standard InChI is InChI=1S/C14H25NO2/c1-11(2)14(4)7-5-6-13(10-14)17-9-8-15-12(3)16/h8-9,11,13H,5-7,10H2,1-4H3,(H,15,16). The molecular weight excluding hydrogens is 214 g/mol. The minimum Gasteiger partial charge on any atom is -0.497 e. The molecule has 1 amide bonds. The first-order valence-corrected chi connectivity index (χ1v) is 6.51. The van der Waals surface area contributed by atoms with Crippen LogP contribution in [0, 0.1) is 11.3 Å². The van der Waals surface area contributed by atoms with E-state index in [-0.39, 0.29) is 5.91 Å². The van der Waals surface area contributed by atoms with E-state index >= 15 is 0 Å². The van der Waals surface area contributed by atoms with Crippen molar-refractivity contribution in [1.29, 1.82) is 0 Å². The second kappa shape index (κ2) is 6.08. The van der Waals surface area contributed by atoms with Gasteiger partial charge in [0.1, 0.15) is 0 Å². The van der Waals surface area contributed by atoms with Gasteiger partial charge < -0.3 is 10.1 Å². The molecule has 1 fully saturated rings. The first kappa shape index (κ1) is 14.1. The molecule has 1 N–H and O–H groups in total. The molecule has 3 heteroatoms. The van der Waals surface area contributed by atoms with Gasteiger partial charge in [-0.2, -0.15) is 0 Å².